The van der Waals surface area contributed by atoms with E-state index in [1.807, 2.05) is 0 Å². The van der Waals surface area contributed by atoms with Crippen LogP contribution < -0.4 is 0 Å². The average Bonchev–Trinajstić information content (AvgIpc) is 2.51. The third kappa shape index (κ3) is 2.32. The van der Waals surface area contributed by atoms with Crippen LogP contribution in [0.25, 0.3) is 0 Å². The molecule has 1 unspecified atom stereocenters. The molecule has 0 aliphatic rings. The highest BCUT2D eigenvalue weighted by molar-refractivity contribution is 7.07. The summed E-state index contributed by atoms with van der Waals surface area (Å²) >= 11 is 1.23. The number of alkyl halides is 3. The van der Waals surface area contributed by atoms with Gasteiger partial charge in [0.05, 0.1) is 5.57 Å². The lowest BCUT2D eigenvalue weighted by atomic mass is 10.1. The Morgan fingerprint density at radius 2 is 2.15 bits per heavy atom. The monoisotopic (exact) mass is 208 g/mol. The number of aliphatic hydroxyl groups is 1. The second-order valence-corrected chi connectivity index (χ2v) is 3.26. The molecule has 1 aromatic rings. The lowest BCUT2D eigenvalue weighted by Gasteiger charge is -2.15. The predicted octanol–water partition coefficient (Wildman–Crippen LogP) is 2.90. The summed E-state index contributed by atoms with van der Waals surface area (Å²) in [7, 11) is 0. The largest absolute Gasteiger partial charge is 0.414 e. The summed E-state index contributed by atoms with van der Waals surface area (Å²) in [6, 6.07) is 1.44. The van der Waals surface area contributed by atoms with Crippen LogP contribution in [-0.4, -0.2) is 11.3 Å². The third-order valence-electron chi connectivity index (χ3n) is 1.55. The minimum atomic E-state index is -4.54. The summed E-state index contributed by atoms with van der Waals surface area (Å²) in [6.45, 7) is 2.81. The number of aliphatic hydroxyl groups excluding tert-OH is 1. The highest BCUT2D eigenvalue weighted by Gasteiger charge is 2.36. The molecular formula is C8H7F3OS. The number of thiophene rings is 1. The molecule has 1 rings (SSSR count). The first-order chi connectivity index (χ1) is 5.93. The van der Waals surface area contributed by atoms with Crippen molar-refractivity contribution < 1.29 is 18.3 Å². The molecule has 1 aromatic heterocycles. The summed E-state index contributed by atoms with van der Waals surface area (Å²) in [5.74, 6) is 0. The molecule has 1 heterocycles. The molecule has 0 saturated carbocycles. The van der Waals surface area contributed by atoms with E-state index >= 15 is 0 Å². The van der Waals surface area contributed by atoms with E-state index in [0.29, 0.717) is 0 Å². The molecule has 13 heavy (non-hydrogen) atoms. The Balaban J connectivity index is 2.81. The summed E-state index contributed by atoms with van der Waals surface area (Å²) in [4.78, 5) is 0. The minimum Gasteiger partial charge on any atom is -0.384 e. The summed E-state index contributed by atoms with van der Waals surface area (Å²) in [5, 5.41) is 12.3. The fraction of sp³-hybridized carbons (Fsp3) is 0.250. The first-order valence-electron chi connectivity index (χ1n) is 3.39. The van der Waals surface area contributed by atoms with Gasteiger partial charge in [0.15, 0.2) is 0 Å². The number of rotatable bonds is 2. The summed E-state index contributed by atoms with van der Waals surface area (Å²) in [5.41, 5.74) is -0.904. The molecule has 0 aromatic carbocycles. The molecule has 0 bridgehead atoms. The van der Waals surface area contributed by atoms with Gasteiger partial charge in [0.1, 0.15) is 6.10 Å². The maximum Gasteiger partial charge on any atom is 0.414 e. The fourth-order valence-electron chi connectivity index (χ4n) is 0.787. The van der Waals surface area contributed by atoms with E-state index in [1.165, 1.54) is 22.8 Å². The van der Waals surface area contributed by atoms with Crippen LogP contribution in [0.2, 0.25) is 0 Å². The van der Waals surface area contributed by atoms with E-state index in [4.69, 9.17) is 0 Å². The zero-order chi connectivity index (χ0) is 10.1. The van der Waals surface area contributed by atoms with E-state index in [9.17, 15) is 18.3 Å². The Bertz CT molecular complexity index is 289. The molecule has 0 radical (unpaired) electrons. The highest BCUT2D eigenvalue weighted by atomic mass is 32.1. The second kappa shape index (κ2) is 3.51. The van der Waals surface area contributed by atoms with Crippen LogP contribution in [0.3, 0.4) is 0 Å². The van der Waals surface area contributed by atoms with E-state index in [1.54, 1.807) is 5.38 Å². The Labute approximate surface area is 77.1 Å². The summed E-state index contributed by atoms with van der Waals surface area (Å²) < 4.78 is 36.1. The molecule has 0 spiro atoms. The van der Waals surface area contributed by atoms with Crippen molar-refractivity contribution >= 4 is 11.3 Å². The summed E-state index contributed by atoms with van der Waals surface area (Å²) in [6.07, 6.45) is -6.19. The van der Waals surface area contributed by atoms with Crippen LogP contribution in [0.1, 0.15) is 11.7 Å². The van der Waals surface area contributed by atoms with Gasteiger partial charge in [0.2, 0.25) is 0 Å². The van der Waals surface area contributed by atoms with Crippen LogP contribution in [0.5, 0.6) is 0 Å². The zero-order valence-electron chi connectivity index (χ0n) is 6.51. The van der Waals surface area contributed by atoms with E-state index in [2.05, 4.69) is 6.58 Å². The van der Waals surface area contributed by atoms with Crippen LogP contribution in [0.4, 0.5) is 13.2 Å². The van der Waals surface area contributed by atoms with Crippen molar-refractivity contribution in [2.24, 2.45) is 0 Å². The van der Waals surface area contributed by atoms with Gasteiger partial charge in [-0.1, -0.05) is 6.58 Å². The molecule has 1 N–H and O–H groups in total. The maximum atomic E-state index is 12.0. The smallest absolute Gasteiger partial charge is 0.384 e. The van der Waals surface area contributed by atoms with Crippen LogP contribution in [0, 0.1) is 0 Å². The predicted molar refractivity (Wildman–Crippen MR) is 44.5 cm³/mol. The second-order valence-electron chi connectivity index (χ2n) is 2.48. The molecule has 72 valence electrons. The molecule has 1 atom stereocenters. The van der Waals surface area contributed by atoms with Gasteiger partial charge in [-0.15, -0.1) is 0 Å². The quantitative estimate of drug-likeness (QED) is 0.741. The lowest BCUT2D eigenvalue weighted by Crippen LogP contribution is -2.17. The van der Waals surface area contributed by atoms with Gasteiger partial charge < -0.3 is 5.11 Å². The number of halogens is 3. The zero-order valence-corrected chi connectivity index (χ0v) is 7.32. The molecule has 0 fully saturated rings. The van der Waals surface area contributed by atoms with E-state index < -0.39 is 17.9 Å². The van der Waals surface area contributed by atoms with Crippen molar-refractivity contribution in [1.82, 2.24) is 0 Å². The first-order valence-corrected chi connectivity index (χ1v) is 4.33. The normalized spacial score (nSPS) is 14.2. The Kier molecular flexibility index (Phi) is 2.77. The molecule has 5 heteroatoms. The van der Waals surface area contributed by atoms with Gasteiger partial charge in [-0.05, 0) is 22.4 Å². The van der Waals surface area contributed by atoms with Crippen molar-refractivity contribution in [3.8, 4) is 0 Å². The molecule has 1 nitrogen and oxygen atoms in total. The van der Waals surface area contributed by atoms with Gasteiger partial charge >= 0.3 is 6.18 Å². The molecule has 0 amide bonds. The minimum absolute atomic E-state index is 0.229. The van der Waals surface area contributed by atoms with Gasteiger partial charge in [0, 0.05) is 0 Å². The standard InChI is InChI=1S/C8H7F3OS/c1-5(8(9,10)11)7(12)6-2-3-13-4-6/h2-4,7,12H,1H2. The number of hydrogen-bond donors (Lipinski definition) is 1. The van der Waals surface area contributed by atoms with Crippen LogP contribution in [-0.2, 0) is 0 Å². The SMILES string of the molecule is C=C(C(O)c1ccsc1)C(F)(F)F. The van der Waals surface area contributed by atoms with Crippen molar-refractivity contribution in [3.63, 3.8) is 0 Å². The topological polar surface area (TPSA) is 20.2 Å². The van der Waals surface area contributed by atoms with Crippen molar-refractivity contribution in [2.75, 3.05) is 0 Å². The average molecular weight is 208 g/mol. The van der Waals surface area contributed by atoms with Crippen molar-refractivity contribution in [2.45, 2.75) is 12.3 Å². The molecular weight excluding hydrogens is 201 g/mol. The number of hydrogen-bond acceptors (Lipinski definition) is 2. The van der Waals surface area contributed by atoms with Crippen LogP contribution in [0.15, 0.2) is 29.0 Å². The first kappa shape index (κ1) is 10.3. The van der Waals surface area contributed by atoms with Crippen molar-refractivity contribution in [1.29, 1.82) is 0 Å². The van der Waals surface area contributed by atoms with Crippen LogP contribution >= 0.6 is 11.3 Å². The third-order valence-corrected chi connectivity index (χ3v) is 2.25. The fourth-order valence-corrected chi connectivity index (χ4v) is 1.47. The van der Waals surface area contributed by atoms with E-state index in [0.717, 1.165) is 0 Å². The molecule has 0 saturated heterocycles. The van der Waals surface area contributed by atoms with Gasteiger partial charge in [-0.2, -0.15) is 24.5 Å². The highest BCUT2D eigenvalue weighted by Crippen LogP contribution is 2.34. The lowest BCUT2D eigenvalue weighted by molar-refractivity contribution is -0.105. The Morgan fingerprint density at radius 3 is 2.54 bits per heavy atom. The van der Waals surface area contributed by atoms with Gasteiger partial charge in [-0.3, -0.25) is 0 Å². The van der Waals surface area contributed by atoms with Gasteiger partial charge in [-0.25, -0.2) is 0 Å². The van der Waals surface area contributed by atoms with Crippen molar-refractivity contribution in [3.05, 3.63) is 34.5 Å². The Morgan fingerprint density at radius 1 is 1.54 bits per heavy atom. The Hall–Kier alpha value is -0.810. The van der Waals surface area contributed by atoms with E-state index in [-0.39, 0.29) is 5.56 Å². The molecule has 0 aliphatic heterocycles. The van der Waals surface area contributed by atoms with Gasteiger partial charge in [0.25, 0.3) is 0 Å². The maximum absolute atomic E-state index is 12.0. The molecule has 0 aliphatic carbocycles.